The summed E-state index contributed by atoms with van der Waals surface area (Å²) in [6, 6.07) is 4.91. The first-order valence-corrected chi connectivity index (χ1v) is 9.54. The highest BCUT2D eigenvalue weighted by atomic mass is 16.5. The van der Waals surface area contributed by atoms with Gasteiger partial charge in [-0.15, -0.1) is 0 Å². The van der Waals surface area contributed by atoms with Crippen molar-refractivity contribution in [2.45, 2.75) is 53.6 Å². The van der Waals surface area contributed by atoms with Gasteiger partial charge in [-0.2, -0.15) is 0 Å². The van der Waals surface area contributed by atoms with Crippen molar-refractivity contribution in [1.29, 1.82) is 0 Å². The molecule has 0 saturated heterocycles. The average Bonchev–Trinajstić information content (AvgIpc) is 2.62. The molecule has 1 aromatic heterocycles. The number of benzene rings is 1. The van der Waals surface area contributed by atoms with Crippen LogP contribution in [0.1, 0.15) is 46.2 Å². The van der Waals surface area contributed by atoms with Gasteiger partial charge in [-0.25, -0.2) is 4.79 Å². The molecule has 2 rings (SSSR count). The van der Waals surface area contributed by atoms with E-state index in [9.17, 15) is 9.59 Å². The maximum Gasteiger partial charge on any atom is 0.341 e. The molecule has 28 heavy (non-hydrogen) atoms. The van der Waals surface area contributed by atoms with E-state index in [-0.39, 0.29) is 17.5 Å². The van der Waals surface area contributed by atoms with Gasteiger partial charge in [0.1, 0.15) is 11.5 Å². The second-order valence-electron chi connectivity index (χ2n) is 8.02. The van der Waals surface area contributed by atoms with Crippen LogP contribution in [0.15, 0.2) is 23.0 Å². The fourth-order valence-corrected chi connectivity index (χ4v) is 3.00. The molecule has 1 heterocycles. The Balaban J connectivity index is 2.68. The molecule has 0 aliphatic rings. The molecule has 0 aliphatic heterocycles. The Morgan fingerprint density at radius 1 is 1.21 bits per heavy atom. The van der Waals surface area contributed by atoms with Gasteiger partial charge >= 0.3 is 5.97 Å². The number of aromatic nitrogens is 1. The molecule has 0 aliphatic carbocycles. The van der Waals surface area contributed by atoms with Crippen molar-refractivity contribution in [3.8, 4) is 11.5 Å². The summed E-state index contributed by atoms with van der Waals surface area (Å²) in [5.74, 6) is -0.135. The number of ether oxygens (including phenoxy) is 2. The Labute approximate surface area is 165 Å². The molecule has 154 valence electrons. The van der Waals surface area contributed by atoms with Crippen LogP contribution in [0.25, 0.3) is 10.8 Å². The van der Waals surface area contributed by atoms with Crippen molar-refractivity contribution < 1.29 is 19.4 Å². The largest absolute Gasteiger partial charge is 0.491 e. The molecule has 7 nitrogen and oxygen atoms in total. The van der Waals surface area contributed by atoms with E-state index in [0.29, 0.717) is 41.1 Å². The molecule has 0 fully saturated rings. The Bertz CT molecular complexity index is 896. The molecule has 0 saturated carbocycles. The number of pyridine rings is 1. The number of carboxylic acid groups (broad SMARTS) is 1. The van der Waals surface area contributed by atoms with Gasteiger partial charge in [0.2, 0.25) is 0 Å². The third kappa shape index (κ3) is 5.25. The van der Waals surface area contributed by atoms with Crippen molar-refractivity contribution in [2.75, 3.05) is 13.2 Å². The van der Waals surface area contributed by atoms with E-state index in [2.05, 4.69) is 27.7 Å². The summed E-state index contributed by atoms with van der Waals surface area (Å²) in [6.07, 6.45) is 1.85. The lowest BCUT2D eigenvalue weighted by Gasteiger charge is -2.25. The monoisotopic (exact) mass is 390 g/mol. The Morgan fingerprint density at radius 3 is 2.50 bits per heavy atom. The van der Waals surface area contributed by atoms with Crippen molar-refractivity contribution in [1.82, 2.24) is 4.57 Å². The van der Waals surface area contributed by atoms with Gasteiger partial charge in [-0.05, 0) is 30.0 Å². The lowest BCUT2D eigenvalue weighted by atomic mass is 9.96. The molecule has 0 atom stereocenters. The summed E-state index contributed by atoms with van der Waals surface area (Å²) in [4.78, 5) is 24.0. The van der Waals surface area contributed by atoms with Gasteiger partial charge in [0.05, 0.1) is 17.7 Å². The van der Waals surface area contributed by atoms with Crippen LogP contribution < -0.4 is 20.8 Å². The number of carboxylic acids is 1. The Kier molecular flexibility index (Phi) is 7.07. The van der Waals surface area contributed by atoms with E-state index in [1.807, 2.05) is 0 Å². The molecular weight excluding hydrogens is 360 g/mol. The fourth-order valence-electron chi connectivity index (χ4n) is 3.00. The van der Waals surface area contributed by atoms with Crippen LogP contribution in [0.5, 0.6) is 11.5 Å². The summed E-state index contributed by atoms with van der Waals surface area (Å²) in [5.41, 5.74) is 6.40. The van der Waals surface area contributed by atoms with E-state index < -0.39 is 12.6 Å². The molecule has 3 N–H and O–H groups in total. The summed E-state index contributed by atoms with van der Waals surface area (Å²) in [7, 11) is 0. The minimum atomic E-state index is -1.07. The molecular formula is C21H30N2O5. The number of nitrogens with two attached hydrogens (primary N) is 1. The lowest BCUT2D eigenvalue weighted by Crippen LogP contribution is -2.31. The number of hydrogen-bond acceptors (Lipinski definition) is 5. The minimum absolute atomic E-state index is 0.118. The summed E-state index contributed by atoms with van der Waals surface area (Å²) in [6.45, 7) is 8.97. The first kappa shape index (κ1) is 21.8. The van der Waals surface area contributed by atoms with Crippen molar-refractivity contribution in [2.24, 2.45) is 11.1 Å². The van der Waals surface area contributed by atoms with Gasteiger partial charge in [0.15, 0.2) is 6.61 Å². The van der Waals surface area contributed by atoms with Crippen molar-refractivity contribution in [3.63, 3.8) is 0 Å². The summed E-state index contributed by atoms with van der Waals surface area (Å²) >= 11 is 0. The zero-order valence-electron chi connectivity index (χ0n) is 17.1. The van der Waals surface area contributed by atoms with Crippen molar-refractivity contribution in [3.05, 3.63) is 34.2 Å². The molecule has 7 heteroatoms. The second-order valence-corrected chi connectivity index (χ2v) is 8.02. The SMILES string of the molecule is CCCCOc1c(CN)n(CC(C)(C)C)c(=O)c2ccc(OCC(=O)O)cc12. The van der Waals surface area contributed by atoms with Crippen LogP contribution in [-0.2, 0) is 17.9 Å². The van der Waals surface area contributed by atoms with E-state index in [4.69, 9.17) is 20.3 Å². The average molecular weight is 390 g/mol. The second kappa shape index (κ2) is 9.10. The number of carbonyl (C=O) groups is 1. The van der Waals surface area contributed by atoms with Crippen LogP contribution in [0.2, 0.25) is 0 Å². The van der Waals surface area contributed by atoms with Crippen LogP contribution in [0.3, 0.4) is 0 Å². The van der Waals surface area contributed by atoms with E-state index in [0.717, 1.165) is 12.8 Å². The molecule has 0 amide bonds. The first-order valence-electron chi connectivity index (χ1n) is 9.54. The van der Waals surface area contributed by atoms with Crippen molar-refractivity contribution >= 4 is 16.7 Å². The molecule has 0 unspecified atom stereocenters. The smallest absolute Gasteiger partial charge is 0.341 e. The predicted octanol–water partition coefficient (Wildman–Crippen LogP) is 3.15. The zero-order chi connectivity index (χ0) is 20.9. The standard InChI is InChI=1S/C21H30N2O5/c1-5-6-9-27-19-16-10-14(28-12-18(24)25)7-8-15(16)20(26)23(17(19)11-22)13-21(2,3)4/h7-8,10H,5-6,9,11-13,22H2,1-4H3,(H,24,25). The molecule has 1 aromatic carbocycles. The van der Waals surface area contributed by atoms with Crippen LogP contribution in [0, 0.1) is 5.41 Å². The van der Waals surface area contributed by atoms with E-state index in [1.54, 1.807) is 22.8 Å². The normalized spacial score (nSPS) is 11.6. The predicted molar refractivity (Wildman–Crippen MR) is 109 cm³/mol. The number of rotatable bonds is 9. The number of unbranched alkanes of at least 4 members (excludes halogenated alkanes) is 1. The maximum atomic E-state index is 13.2. The highest BCUT2D eigenvalue weighted by molar-refractivity contribution is 5.89. The molecule has 0 spiro atoms. The number of nitrogens with zero attached hydrogens (tertiary/aromatic N) is 1. The zero-order valence-corrected chi connectivity index (χ0v) is 17.1. The van der Waals surface area contributed by atoms with Gasteiger partial charge < -0.3 is 24.9 Å². The minimum Gasteiger partial charge on any atom is -0.491 e. The quantitative estimate of drug-likeness (QED) is 0.638. The third-order valence-corrected chi connectivity index (χ3v) is 4.23. The van der Waals surface area contributed by atoms with Crippen LogP contribution >= 0.6 is 0 Å². The Morgan fingerprint density at radius 2 is 1.93 bits per heavy atom. The van der Waals surface area contributed by atoms with Crippen LogP contribution in [0.4, 0.5) is 0 Å². The highest BCUT2D eigenvalue weighted by Gasteiger charge is 2.21. The molecule has 0 bridgehead atoms. The van der Waals surface area contributed by atoms with Crippen LogP contribution in [-0.4, -0.2) is 28.9 Å². The third-order valence-electron chi connectivity index (χ3n) is 4.23. The van der Waals surface area contributed by atoms with E-state index in [1.165, 1.54) is 0 Å². The number of aliphatic carboxylic acids is 1. The number of hydrogen-bond donors (Lipinski definition) is 2. The van der Waals surface area contributed by atoms with Gasteiger partial charge in [-0.1, -0.05) is 34.1 Å². The van der Waals surface area contributed by atoms with Gasteiger partial charge in [0.25, 0.3) is 5.56 Å². The molecule has 2 aromatic rings. The fraction of sp³-hybridized carbons (Fsp3) is 0.524. The van der Waals surface area contributed by atoms with Gasteiger partial charge in [0, 0.05) is 18.5 Å². The Hall–Kier alpha value is -2.54. The highest BCUT2D eigenvalue weighted by Crippen LogP contribution is 2.32. The molecule has 0 radical (unpaired) electrons. The number of fused-ring (bicyclic) bond motifs is 1. The summed E-state index contributed by atoms with van der Waals surface area (Å²) < 4.78 is 13.0. The summed E-state index contributed by atoms with van der Waals surface area (Å²) in [5, 5.41) is 9.93. The van der Waals surface area contributed by atoms with Gasteiger partial charge in [-0.3, -0.25) is 4.79 Å². The first-order chi connectivity index (χ1) is 13.2. The maximum absolute atomic E-state index is 13.2. The topological polar surface area (TPSA) is 104 Å². The lowest BCUT2D eigenvalue weighted by molar-refractivity contribution is -0.139. The van der Waals surface area contributed by atoms with E-state index >= 15 is 0 Å².